The molecule has 21 heavy (non-hydrogen) atoms. The molecule has 0 spiro atoms. The minimum Gasteiger partial charge on any atom is -0.392 e. The lowest BCUT2D eigenvalue weighted by Crippen LogP contribution is -2.34. The van der Waals surface area contributed by atoms with Crippen molar-refractivity contribution < 1.29 is 9.50 Å². The first kappa shape index (κ1) is 15.5. The highest BCUT2D eigenvalue weighted by Gasteiger charge is 2.34. The lowest BCUT2D eigenvalue weighted by Gasteiger charge is -2.40. The van der Waals surface area contributed by atoms with E-state index in [1.165, 1.54) is 44.6 Å². The first-order valence-electron chi connectivity index (χ1n) is 8.25. The molecule has 4 atom stereocenters. The van der Waals surface area contributed by atoms with Gasteiger partial charge in [-0.25, -0.2) is 4.39 Å². The van der Waals surface area contributed by atoms with Gasteiger partial charge in [0.2, 0.25) is 0 Å². The monoisotopic (exact) mass is 354 g/mol. The lowest BCUT2D eigenvalue weighted by molar-refractivity contribution is 0.0361. The van der Waals surface area contributed by atoms with Crippen molar-refractivity contribution in [1.29, 1.82) is 0 Å². The zero-order chi connectivity index (χ0) is 14.8. The van der Waals surface area contributed by atoms with Crippen molar-refractivity contribution >= 4 is 15.9 Å². The Labute approximate surface area is 135 Å². The van der Waals surface area contributed by atoms with Crippen LogP contribution in [0, 0.1) is 23.6 Å². The average molecular weight is 355 g/mol. The molecular formula is C18H24BrFO. The van der Waals surface area contributed by atoms with E-state index in [4.69, 9.17) is 0 Å². The highest BCUT2D eigenvalue weighted by Crippen LogP contribution is 2.43. The van der Waals surface area contributed by atoms with Crippen LogP contribution in [-0.4, -0.2) is 11.2 Å². The van der Waals surface area contributed by atoms with E-state index in [9.17, 15) is 9.50 Å². The molecule has 2 aliphatic carbocycles. The van der Waals surface area contributed by atoms with E-state index in [1.807, 2.05) is 0 Å². The molecule has 0 saturated heterocycles. The normalized spacial score (nSPS) is 30.7. The van der Waals surface area contributed by atoms with Crippen LogP contribution in [0.5, 0.6) is 0 Å². The molecule has 1 aromatic carbocycles. The van der Waals surface area contributed by atoms with Gasteiger partial charge in [0.05, 0.1) is 10.6 Å². The van der Waals surface area contributed by atoms with Crippen LogP contribution in [0.4, 0.5) is 4.39 Å². The van der Waals surface area contributed by atoms with E-state index in [-0.39, 0.29) is 11.9 Å². The molecule has 1 nitrogen and oxygen atoms in total. The minimum absolute atomic E-state index is 0.240. The van der Waals surface area contributed by atoms with Gasteiger partial charge in [0, 0.05) is 0 Å². The van der Waals surface area contributed by atoms with Gasteiger partial charge in [-0.3, -0.25) is 0 Å². The molecule has 0 heterocycles. The molecule has 0 bridgehead atoms. The van der Waals surface area contributed by atoms with Crippen molar-refractivity contribution in [2.45, 2.75) is 57.5 Å². The van der Waals surface area contributed by atoms with Crippen molar-refractivity contribution in [3.05, 3.63) is 34.1 Å². The van der Waals surface area contributed by atoms with Crippen LogP contribution in [-0.2, 0) is 6.42 Å². The fourth-order valence-corrected chi connectivity index (χ4v) is 4.76. The summed E-state index contributed by atoms with van der Waals surface area (Å²) in [5.41, 5.74) is 1.02. The Morgan fingerprint density at radius 3 is 2.67 bits per heavy atom. The van der Waals surface area contributed by atoms with Crippen LogP contribution in [0.25, 0.3) is 0 Å². The Bertz CT molecular complexity index is 490. The maximum absolute atomic E-state index is 13.3. The molecule has 0 aliphatic heterocycles. The predicted molar refractivity (Wildman–Crippen MR) is 86.6 cm³/mol. The topological polar surface area (TPSA) is 20.2 Å². The molecule has 3 heteroatoms. The maximum Gasteiger partial charge on any atom is 0.137 e. The molecule has 116 valence electrons. The van der Waals surface area contributed by atoms with Gasteiger partial charge in [0.15, 0.2) is 0 Å². The summed E-state index contributed by atoms with van der Waals surface area (Å²) in [7, 11) is 0. The van der Waals surface area contributed by atoms with Crippen LogP contribution >= 0.6 is 15.9 Å². The van der Waals surface area contributed by atoms with Crippen LogP contribution in [0.1, 0.15) is 50.5 Å². The number of aliphatic hydroxyl groups is 1. The Morgan fingerprint density at radius 2 is 1.90 bits per heavy atom. The zero-order valence-corrected chi connectivity index (χ0v) is 14.0. The van der Waals surface area contributed by atoms with E-state index in [1.54, 1.807) is 12.1 Å². The number of hydrogen-bond donors (Lipinski definition) is 1. The number of fused-ring (bicyclic) bond motifs is 1. The predicted octanol–water partition coefficient (Wildman–Crippen LogP) is 5.10. The summed E-state index contributed by atoms with van der Waals surface area (Å²) in [5, 5.41) is 10.6. The van der Waals surface area contributed by atoms with E-state index >= 15 is 0 Å². The Kier molecular flexibility index (Phi) is 5.00. The van der Waals surface area contributed by atoms with Crippen molar-refractivity contribution in [2.24, 2.45) is 17.8 Å². The second kappa shape index (κ2) is 6.78. The fourth-order valence-electron chi connectivity index (χ4n) is 4.33. The zero-order valence-electron chi connectivity index (χ0n) is 12.4. The smallest absolute Gasteiger partial charge is 0.137 e. The second-order valence-corrected chi connectivity index (χ2v) is 7.75. The van der Waals surface area contributed by atoms with Gasteiger partial charge in [-0.1, -0.05) is 31.7 Å². The molecule has 0 aromatic heterocycles. The molecule has 4 unspecified atom stereocenters. The summed E-state index contributed by atoms with van der Waals surface area (Å²) >= 11 is 3.22. The summed E-state index contributed by atoms with van der Waals surface area (Å²) in [4.78, 5) is 0. The highest BCUT2D eigenvalue weighted by atomic mass is 79.9. The minimum atomic E-state index is -0.287. The Morgan fingerprint density at radius 1 is 1.14 bits per heavy atom. The van der Waals surface area contributed by atoms with Gasteiger partial charge in [-0.2, -0.15) is 0 Å². The van der Waals surface area contributed by atoms with Gasteiger partial charge < -0.3 is 5.11 Å². The summed E-state index contributed by atoms with van der Waals surface area (Å²) in [6.45, 7) is 0. The lowest BCUT2D eigenvalue weighted by atomic mass is 9.66. The number of rotatable bonds is 3. The molecule has 1 N–H and O–H groups in total. The van der Waals surface area contributed by atoms with Gasteiger partial charge in [-0.05, 0) is 77.1 Å². The third-order valence-corrected chi connectivity index (χ3v) is 6.16. The number of benzene rings is 1. The van der Waals surface area contributed by atoms with Crippen molar-refractivity contribution in [3.8, 4) is 0 Å². The van der Waals surface area contributed by atoms with Crippen molar-refractivity contribution in [1.82, 2.24) is 0 Å². The first-order valence-corrected chi connectivity index (χ1v) is 9.05. The van der Waals surface area contributed by atoms with E-state index in [0.29, 0.717) is 16.8 Å². The Balaban J connectivity index is 1.60. The molecule has 3 rings (SSSR count). The first-order chi connectivity index (χ1) is 10.1. The molecule has 0 radical (unpaired) electrons. The van der Waals surface area contributed by atoms with E-state index in [0.717, 1.165) is 23.8 Å². The number of aliphatic hydroxyl groups excluding tert-OH is 1. The van der Waals surface area contributed by atoms with Gasteiger partial charge in [0.1, 0.15) is 5.82 Å². The van der Waals surface area contributed by atoms with Crippen molar-refractivity contribution in [2.75, 3.05) is 0 Å². The molecule has 2 saturated carbocycles. The average Bonchev–Trinajstić information content (AvgIpc) is 2.50. The van der Waals surface area contributed by atoms with E-state index in [2.05, 4.69) is 15.9 Å². The van der Waals surface area contributed by atoms with Gasteiger partial charge in [0.25, 0.3) is 0 Å². The van der Waals surface area contributed by atoms with E-state index < -0.39 is 0 Å². The van der Waals surface area contributed by atoms with Gasteiger partial charge in [-0.15, -0.1) is 0 Å². The molecule has 0 amide bonds. The summed E-state index contributed by atoms with van der Waals surface area (Å²) in [5.74, 6) is 1.94. The third kappa shape index (κ3) is 3.68. The van der Waals surface area contributed by atoms with Crippen LogP contribution < -0.4 is 0 Å². The third-order valence-electron chi connectivity index (χ3n) is 5.55. The molecule has 2 fully saturated rings. The highest BCUT2D eigenvalue weighted by molar-refractivity contribution is 9.10. The largest absolute Gasteiger partial charge is 0.392 e. The van der Waals surface area contributed by atoms with Crippen molar-refractivity contribution in [3.63, 3.8) is 0 Å². The second-order valence-electron chi connectivity index (χ2n) is 6.90. The molecule has 2 aliphatic rings. The molecule has 1 aromatic rings. The summed E-state index contributed by atoms with van der Waals surface area (Å²) in [6.07, 6.45) is 9.52. The van der Waals surface area contributed by atoms with Gasteiger partial charge >= 0.3 is 0 Å². The van der Waals surface area contributed by atoms with Crippen LogP contribution in [0.15, 0.2) is 22.7 Å². The van der Waals surface area contributed by atoms with Crippen LogP contribution in [0.2, 0.25) is 0 Å². The number of hydrogen-bond acceptors (Lipinski definition) is 1. The Hall–Kier alpha value is -0.410. The maximum atomic E-state index is 13.3. The standard InChI is InChI=1S/C18H24BrFO/c19-16-9-12(5-8-17(16)20)10-18(21)15-7-6-13-3-1-2-4-14(13)11-15/h5,8-9,13-15,18,21H,1-4,6-7,10-11H2. The quantitative estimate of drug-likeness (QED) is 0.800. The summed E-state index contributed by atoms with van der Waals surface area (Å²) < 4.78 is 13.8. The molecular weight excluding hydrogens is 331 g/mol. The SMILES string of the molecule is OC(Cc1ccc(F)c(Br)c1)C1CCC2CCCCC2C1. The fraction of sp³-hybridized carbons (Fsp3) is 0.667. The van der Waals surface area contributed by atoms with Crippen LogP contribution in [0.3, 0.4) is 0 Å². The summed E-state index contributed by atoms with van der Waals surface area (Å²) in [6, 6.07) is 5.06. The number of halogens is 2.